The van der Waals surface area contributed by atoms with Gasteiger partial charge in [0, 0.05) is 6.54 Å². The van der Waals surface area contributed by atoms with Crippen LogP contribution in [0.1, 0.15) is 30.0 Å². The molecule has 0 amide bonds. The van der Waals surface area contributed by atoms with Crippen molar-refractivity contribution >= 4 is 11.1 Å². The number of ether oxygens (including phenoxy) is 1. The first-order chi connectivity index (χ1) is 15.1. The smallest absolute Gasteiger partial charge is 0.119 e. The number of nitrogens with zero attached hydrogens (tertiary/aromatic N) is 4. The van der Waals surface area contributed by atoms with Crippen LogP contribution in [0.4, 0.5) is 0 Å². The molecule has 0 fully saturated rings. The summed E-state index contributed by atoms with van der Waals surface area (Å²) in [6.45, 7) is 3.83. The van der Waals surface area contributed by atoms with Crippen LogP contribution in [0, 0.1) is 0 Å². The van der Waals surface area contributed by atoms with Crippen LogP contribution in [0.3, 0.4) is 0 Å². The highest BCUT2D eigenvalue weighted by Gasteiger charge is 2.12. The maximum atomic E-state index is 6.75. The van der Waals surface area contributed by atoms with E-state index in [9.17, 15) is 0 Å². The Bertz CT molecular complexity index is 975. The molecule has 160 valence electrons. The molecule has 0 aliphatic heterocycles. The summed E-state index contributed by atoms with van der Waals surface area (Å²) >= 11 is 0. The quantitative estimate of drug-likeness (QED) is 0.175. The third kappa shape index (κ3) is 7.34. The minimum Gasteiger partial charge on any atom is -0.492 e. The molecule has 3 aromatic carbocycles. The Kier molecular flexibility index (Phi) is 9.89. The van der Waals surface area contributed by atoms with Crippen molar-refractivity contribution in [3.8, 4) is 5.75 Å². The fourth-order valence-corrected chi connectivity index (χ4v) is 3.35. The summed E-state index contributed by atoms with van der Waals surface area (Å²) in [6.07, 6.45) is 0.968. The molecule has 0 unspecified atom stereocenters. The van der Waals surface area contributed by atoms with Gasteiger partial charge in [0.05, 0.1) is 0 Å². The fraction of sp³-hybridized carbons (Fsp3) is 0.231. The second-order valence-corrected chi connectivity index (χ2v) is 7.20. The van der Waals surface area contributed by atoms with E-state index < -0.39 is 0 Å². The average Bonchev–Trinajstić information content (AvgIpc) is 2.79. The van der Waals surface area contributed by atoms with Gasteiger partial charge in [0.1, 0.15) is 12.4 Å². The Morgan fingerprint density at radius 2 is 1.26 bits per heavy atom. The molecule has 0 aliphatic carbocycles. The van der Waals surface area contributed by atoms with Gasteiger partial charge in [-0.15, -0.1) is 0 Å². The zero-order valence-electron chi connectivity index (χ0n) is 18.4. The highest BCUT2D eigenvalue weighted by molar-refractivity contribution is 5.98. The number of benzene rings is 3. The lowest BCUT2D eigenvalue weighted by Crippen LogP contribution is -2.19. The van der Waals surface area contributed by atoms with E-state index in [2.05, 4.69) is 111 Å². The largest absolute Gasteiger partial charge is 0.492 e. The Morgan fingerprint density at radius 3 is 1.74 bits per heavy atom. The Hall–Kier alpha value is -3.53. The van der Waals surface area contributed by atoms with Crippen LogP contribution >= 0.6 is 0 Å². The van der Waals surface area contributed by atoms with E-state index in [1.54, 1.807) is 0 Å². The fourth-order valence-electron chi connectivity index (χ4n) is 3.35. The molecule has 0 aliphatic rings. The van der Waals surface area contributed by atoms with Gasteiger partial charge >= 0.3 is 0 Å². The van der Waals surface area contributed by atoms with Crippen LogP contribution in [0.5, 0.6) is 5.75 Å². The second kappa shape index (κ2) is 12.9. The second-order valence-electron chi connectivity index (χ2n) is 7.20. The van der Waals surface area contributed by atoms with Gasteiger partial charge in [0.2, 0.25) is 0 Å². The van der Waals surface area contributed by atoms with E-state index in [0.717, 1.165) is 18.7 Å². The van der Waals surface area contributed by atoms with E-state index in [-0.39, 0.29) is 0 Å². The molecule has 5 heteroatoms. The number of likely N-dealkylation sites (N-methyl/N-ethyl adjacent to an activating group) is 1. The molecule has 3 rings (SSSR count). The van der Waals surface area contributed by atoms with E-state index in [1.807, 2.05) is 0 Å². The van der Waals surface area contributed by atoms with Crippen molar-refractivity contribution in [2.75, 3.05) is 27.2 Å². The predicted molar refractivity (Wildman–Crippen MR) is 130 cm³/mol. The minimum absolute atomic E-state index is 0.692. The van der Waals surface area contributed by atoms with Crippen molar-refractivity contribution < 1.29 is 4.74 Å². The molecule has 3 aromatic rings. The molecular formula is C26H29N4O-. The number of hydrogen-bond acceptors (Lipinski definition) is 2. The van der Waals surface area contributed by atoms with Crippen molar-refractivity contribution in [2.24, 2.45) is 0 Å². The van der Waals surface area contributed by atoms with Crippen LogP contribution < -0.4 is 4.74 Å². The first kappa shape index (κ1) is 23.7. The molecule has 5 nitrogen and oxygen atoms in total. The topological polar surface area (TPSA) is 71.2 Å². The molecule has 0 radical (unpaired) electrons. The van der Waals surface area contributed by atoms with Crippen LogP contribution in [0.15, 0.2) is 84.9 Å². The molecule has 0 aromatic heterocycles. The number of hydrogen-bond donors (Lipinski definition) is 0. The van der Waals surface area contributed by atoms with E-state index in [4.69, 9.17) is 15.8 Å². The Labute approximate surface area is 185 Å². The molecule has 0 saturated carbocycles. The summed E-state index contributed by atoms with van der Waals surface area (Å²) in [5.41, 5.74) is 19.9. The zero-order valence-corrected chi connectivity index (χ0v) is 18.4. The van der Waals surface area contributed by atoms with Gasteiger partial charge in [-0.2, -0.15) is 0 Å². The SMILES string of the molecule is CC/C(=C(\c1ccccc1)c1ccc(OCCN(C)C)cc1)c1ccccc1.[N-]=[N+]=[N-]. The van der Waals surface area contributed by atoms with Gasteiger partial charge in [-0.1, -0.05) is 79.7 Å². The standard InChI is InChI=1S/C26H29NO.N3/c1-4-25(21-11-7-5-8-12-21)26(22-13-9-6-10-14-22)23-15-17-24(18-16-23)28-20-19-27(2)3;1-3-2/h5-18H,4,19-20H2,1-3H3;/q;-1/b26-25-;. The van der Waals surface area contributed by atoms with E-state index in [1.165, 1.54) is 32.7 Å². The molecule has 0 saturated heterocycles. The molecule has 0 bridgehead atoms. The van der Waals surface area contributed by atoms with Crippen LogP contribution in [0.25, 0.3) is 27.1 Å². The number of rotatable bonds is 8. The summed E-state index contributed by atoms with van der Waals surface area (Å²) < 4.78 is 5.87. The minimum atomic E-state index is 0.692. The van der Waals surface area contributed by atoms with Crippen molar-refractivity contribution in [2.45, 2.75) is 13.3 Å². The van der Waals surface area contributed by atoms with Gasteiger partial charge in [-0.05, 0) is 60.5 Å². The highest BCUT2D eigenvalue weighted by atomic mass is 16.5. The van der Waals surface area contributed by atoms with Crippen LogP contribution in [-0.2, 0) is 0 Å². The van der Waals surface area contributed by atoms with Gasteiger partial charge < -0.3 is 20.7 Å². The monoisotopic (exact) mass is 413 g/mol. The molecule has 0 atom stereocenters. The summed E-state index contributed by atoms with van der Waals surface area (Å²) in [5.74, 6) is 0.913. The molecule has 0 N–H and O–H groups in total. The maximum Gasteiger partial charge on any atom is 0.119 e. The van der Waals surface area contributed by atoms with Crippen LogP contribution in [-0.4, -0.2) is 32.1 Å². The first-order valence-corrected chi connectivity index (χ1v) is 10.3. The number of allylic oxidation sites excluding steroid dienone is 1. The van der Waals surface area contributed by atoms with E-state index in [0.29, 0.717) is 6.61 Å². The molecule has 0 heterocycles. The third-order valence-corrected chi connectivity index (χ3v) is 4.79. The van der Waals surface area contributed by atoms with Crippen molar-refractivity contribution in [1.29, 1.82) is 0 Å². The summed E-state index contributed by atoms with van der Waals surface area (Å²) in [6, 6.07) is 29.8. The van der Waals surface area contributed by atoms with Crippen LogP contribution in [0.2, 0.25) is 0 Å². The first-order valence-electron chi connectivity index (χ1n) is 10.3. The van der Waals surface area contributed by atoms with Gasteiger partial charge in [-0.3, -0.25) is 4.91 Å². The van der Waals surface area contributed by atoms with Crippen molar-refractivity contribution in [3.63, 3.8) is 0 Å². The van der Waals surface area contributed by atoms with Gasteiger partial charge in [0.15, 0.2) is 0 Å². The molecular weight excluding hydrogens is 384 g/mol. The summed E-state index contributed by atoms with van der Waals surface area (Å²) in [5, 5.41) is 0. The summed E-state index contributed by atoms with van der Waals surface area (Å²) in [4.78, 5) is 3.62. The van der Waals surface area contributed by atoms with Crippen molar-refractivity contribution in [1.82, 2.24) is 4.90 Å². The highest BCUT2D eigenvalue weighted by Crippen LogP contribution is 2.34. The summed E-state index contributed by atoms with van der Waals surface area (Å²) in [7, 11) is 4.11. The normalized spacial score (nSPS) is 11.1. The molecule has 31 heavy (non-hydrogen) atoms. The van der Waals surface area contributed by atoms with Gasteiger partial charge in [0.25, 0.3) is 0 Å². The Balaban J connectivity index is 0.00000107. The molecule has 0 spiro atoms. The lowest BCUT2D eigenvalue weighted by molar-refractivity contribution is 0.261. The average molecular weight is 414 g/mol. The maximum absolute atomic E-state index is 6.75. The van der Waals surface area contributed by atoms with E-state index >= 15 is 0 Å². The van der Waals surface area contributed by atoms with Crippen molar-refractivity contribution in [3.05, 3.63) is 118 Å². The van der Waals surface area contributed by atoms with Gasteiger partial charge in [-0.25, -0.2) is 0 Å². The predicted octanol–water partition coefficient (Wildman–Crippen LogP) is 6.86. The Morgan fingerprint density at radius 1 is 0.774 bits per heavy atom. The lowest BCUT2D eigenvalue weighted by Gasteiger charge is -2.17. The zero-order chi connectivity index (χ0) is 22.5. The lowest BCUT2D eigenvalue weighted by atomic mass is 9.88. The third-order valence-electron chi connectivity index (χ3n) is 4.79.